The van der Waals surface area contributed by atoms with Gasteiger partial charge in [0.25, 0.3) is 0 Å². The Kier molecular flexibility index (Phi) is 6.34. The molecule has 23 heavy (non-hydrogen) atoms. The number of para-hydroxylation sites is 1. The molecule has 1 aromatic heterocycles. The van der Waals surface area contributed by atoms with Crippen molar-refractivity contribution in [1.82, 2.24) is 15.2 Å². The van der Waals surface area contributed by atoms with Crippen molar-refractivity contribution in [3.63, 3.8) is 0 Å². The Balaban J connectivity index is 1.78. The van der Waals surface area contributed by atoms with Crippen molar-refractivity contribution in [3.05, 3.63) is 46.2 Å². The number of nitrogens with one attached hydrogen (secondary N) is 1. The molecule has 0 saturated carbocycles. The summed E-state index contributed by atoms with van der Waals surface area (Å²) in [4.78, 5) is 11.7. The van der Waals surface area contributed by atoms with Crippen molar-refractivity contribution in [2.45, 2.75) is 13.5 Å². The van der Waals surface area contributed by atoms with Crippen molar-refractivity contribution in [2.75, 3.05) is 27.2 Å². The molecule has 0 spiro atoms. The number of hydrogen-bond donors (Lipinski definition) is 1. The molecule has 0 amide bonds. The van der Waals surface area contributed by atoms with Crippen LogP contribution in [0.3, 0.4) is 0 Å². The van der Waals surface area contributed by atoms with Gasteiger partial charge in [0.1, 0.15) is 11.6 Å². The minimum absolute atomic E-state index is 0.266. The summed E-state index contributed by atoms with van der Waals surface area (Å²) in [5, 5.41) is 4.27. The van der Waals surface area contributed by atoms with Crippen LogP contribution in [-0.2, 0) is 6.54 Å². The van der Waals surface area contributed by atoms with Gasteiger partial charge in [-0.05, 0) is 19.1 Å². The fourth-order valence-electron chi connectivity index (χ4n) is 1.98. The third-order valence-electron chi connectivity index (χ3n) is 3.16. The maximum absolute atomic E-state index is 13.5. The van der Waals surface area contributed by atoms with E-state index >= 15 is 0 Å². The molecule has 124 valence electrons. The van der Waals surface area contributed by atoms with Gasteiger partial charge in [-0.3, -0.25) is 4.99 Å². The minimum Gasteiger partial charge on any atom is -0.489 e. The number of hydrogen-bond acceptors (Lipinski definition) is 4. The number of ether oxygens (including phenoxy) is 1. The van der Waals surface area contributed by atoms with Crippen LogP contribution >= 0.6 is 11.3 Å². The molecule has 1 N–H and O–H groups in total. The van der Waals surface area contributed by atoms with Gasteiger partial charge in [-0.2, -0.15) is 0 Å². The molecule has 0 radical (unpaired) electrons. The lowest BCUT2D eigenvalue weighted by Crippen LogP contribution is -2.40. The largest absolute Gasteiger partial charge is 0.489 e. The first-order valence-electron chi connectivity index (χ1n) is 7.30. The second-order valence-electron chi connectivity index (χ2n) is 4.97. The third kappa shape index (κ3) is 5.21. The first-order chi connectivity index (χ1) is 11.1. The fraction of sp³-hybridized carbons (Fsp3) is 0.375. The van der Waals surface area contributed by atoms with Gasteiger partial charge in [0.2, 0.25) is 0 Å². The zero-order valence-corrected chi connectivity index (χ0v) is 14.4. The van der Waals surface area contributed by atoms with Crippen LogP contribution in [0.5, 0.6) is 5.75 Å². The van der Waals surface area contributed by atoms with E-state index < -0.39 is 0 Å². The number of halogens is 1. The lowest BCUT2D eigenvalue weighted by molar-refractivity contribution is 0.270. The summed E-state index contributed by atoms with van der Waals surface area (Å²) in [6.45, 7) is 3.62. The number of benzene rings is 1. The fourth-order valence-corrected chi connectivity index (χ4v) is 2.71. The molecule has 0 bridgehead atoms. The van der Waals surface area contributed by atoms with Crippen LogP contribution in [0.4, 0.5) is 4.39 Å². The van der Waals surface area contributed by atoms with Crippen LogP contribution < -0.4 is 10.1 Å². The average molecular weight is 336 g/mol. The van der Waals surface area contributed by atoms with E-state index in [-0.39, 0.29) is 11.6 Å². The van der Waals surface area contributed by atoms with Crippen LogP contribution in [0.2, 0.25) is 0 Å². The molecule has 0 aliphatic rings. The number of thiazole rings is 1. The molecule has 0 aliphatic heterocycles. The molecule has 5 nitrogen and oxygen atoms in total. The summed E-state index contributed by atoms with van der Waals surface area (Å²) in [5.41, 5.74) is 0. The van der Waals surface area contributed by atoms with Crippen LogP contribution in [0, 0.1) is 12.7 Å². The standard InChI is InChI=1S/C16H21FN4OS/c1-12-10-19-15(23-12)11-20-16(18-2)21(3)8-9-22-14-7-5-4-6-13(14)17/h4-7,10H,8-9,11H2,1-3H3,(H,18,20). The predicted molar refractivity (Wildman–Crippen MR) is 91.6 cm³/mol. The second kappa shape index (κ2) is 8.47. The van der Waals surface area contributed by atoms with Crippen LogP contribution in [-0.4, -0.2) is 43.1 Å². The Labute approximate surface area is 139 Å². The van der Waals surface area contributed by atoms with Crippen LogP contribution in [0.1, 0.15) is 9.88 Å². The van der Waals surface area contributed by atoms with Gasteiger partial charge in [0.05, 0.1) is 13.1 Å². The topological polar surface area (TPSA) is 49.8 Å². The van der Waals surface area contributed by atoms with E-state index in [1.807, 2.05) is 25.1 Å². The Morgan fingerprint density at radius 2 is 2.22 bits per heavy atom. The summed E-state index contributed by atoms with van der Waals surface area (Å²) in [5.74, 6) is 0.661. The SMILES string of the molecule is CN=C(NCc1ncc(C)s1)N(C)CCOc1ccccc1F. The van der Waals surface area contributed by atoms with E-state index in [2.05, 4.69) is 15.3 Å². The number of rotatable bonds is 6. The van der Waals surface area contributed by atoms with Gasteiger partial charge in [-0.15, -0.1) is 11.3 Å². The highest BCUT2D eigenvalue weighted by Gasteiger charge is 2.08. The van der Waals surface area contributed by atoms with Gasteiger partial charge >= 0.3 is 0 Å². The first-order valence-corrected chi connectivity index (χ1v) is 8.12. The number of guanidine groups is 1. The van der Waals surface area contributed by atoms with E-state index in [1.165, 1.54) is 10.9 Å². The Hall–Kier alpha value is -2.15. The second-order valence-corrected chi connectivity index (χ2v) is 6.29. The van der Waals surface area contributed by atoms with Gasteiger partial charge in [0.15, 0.2) is 17.5 Å². The molecule has 0 atom stereocenters. The molecular weight excluding hydrogens is 315 g/mol. The van der Waals surface area contributed by atoms with Crippen LogP contribution in [0.25, 0.3) is 0 Å². The predicted octanol–water partition coefficient (Wildman–Crippen LogP) is 2.68. The van der Waals surface area contributed by atoms with Crippen molar-refractivity contribution in [2.24, 2.45) is 4.99 Å². The molecular formula is C16H21FN4OS. The Bertz CT molecular complexity index is 659. The zero-order chi connectivity index (χ0) is 16.7. The first kappa shape index (κ1) is 17.2. The maximum Gasteiger partial charge on any atom is 0.193 e. The summed E-state index contributed by atoms with van der Waals surface area (Å²) < 4.78 is 18.9. The molecule has 7 heteroatoms. The highest BCUT2D eigenvalue weighted by molar-refractivity contribution is 7.11. The zero-order valence-electron chi connectivity index (χ0n) is 13.5. The minimum atomic E-state index is -0.350. The maximum atomic E-state index is 13.5. The summed E-state index contributed by atoms with van der Waals surface area (Å²) in [6.07, 6.45) is 1.86. The number of likely N-dealkylation sites (N-methyl/N-ethyl adjacent to an activating group) is 1. The molecule has 1 heterocycles. The van der Waals surface area contributed by atoms with Crippen molar-refractivity contribution < 1.29 is 9.13 Å². The number of aryl methyl sites for hydroxylation is 1. The third-order valence-corrected chi connectivity index (χ3v) is 4.07. The van der Waals surface area contributed by atoms with Crippen molar-refractivity contribution >= 4 is 17.3 Å². The van der Waals surface area contributed by atoms with Gasteiger partial charge in [-0.1, -0.05) is 12.1 Å². The molecule has 2 rings (SSSR count). The van der Waals surface area contributed by atoms with E-state index in [0.717, 1.165) is 11.0 Å². The summed E-state index contributed by atoms with van der Waals surface area (Å²) >= 11 is 1.66. The lowest BCUT2D eigenvalue weighted by atomic mass is 10.3. The van der Waals surface area contributed by atoms with Gasteiger partial charge in [0, 0.05) is 25.2 Å². The molecule has 0 saturated heterocycles. The highest BCUT2D eigenvalue weighted by atomic mass is 32.1. The van der Waals surface area contributed by atoms with Crippen LogP contribution in [0.15, 0.2) is 35.5 Å². The lowest BCUT2D eigenvalue weighted by Gasteiger charge is -2.21. The van der Waals surface area contributed by atoms with E-state index in [4.69, 9.17) is 4.74 Å². The molecule has 0 aliphatic carbocycles. The van der Waals surface area contributed by atoms with Gasteiger partial charge < -0.3 is 15.0 Å². The number of aromatic nitrogens is 1. The monoisotopic (exact) mass is 336 g/mol. The molecule has 0 fully saturated rings. The highest BCUT2D eigenvalue weighted by Crippen LogP contribution is 2.15. The smallest absolute Gasteiger partial charge is 0.193 e. The Morgan fingerprint density at radius 1 is 1.43 bits per heavy atom. The summed E-state index contributed by atoms with van der Waals surface area (Å²) in [6, 6.07) is 6.39. The number of nitrogens with zero attached hydrogens (tertiary/aromatic N) is 3. The van der Waals surface area contributed by atoms with Crippen molar-refractivity contribution in [3.8, 4) is 5.75 Å². The number of aliphatic imine (C=N–C) groups is 1. The van der Waals surface area contributed by atoms with E-state index in [9.17, 15) is 4.39 Å². The van der Waals surface area contributed by atoms with E-state index in [1.54, 1.807) is 36.6 Å². The van der Waals surface area contributed by atoms with Gasteiger partial charge in [-0.25, -0.2) is 9.37 Å². The Morgan fingerprint density at radius 3 is 2.87 bits per heavy atom. The van der Waals surface area contributed by atoms with Crippen molar-refractivity contribution in [1.29, 1.82) is 0 Å². The van der Waals surface area contributed by atoms with E-state index in [0.29, 0.717) is 19.7 Å². The summed E-state index contributed by atoms with van der Waals surface area (Å²) in [7, 11) is 3.64. The quantitative estimate of drug-likeness (QED) is 0.651. The average Bonchev–Trinajstić information content (AvgIpc) is 2.95. The molecule has 1 aromatic carbocycles. The molecule has 0 unspecified atom stereocenters. The normalized spacial score (nSPS) is 11.4. The molecule has 2 aromatic rings.